The van der Waals surface area contributed by atoms with Crippen LogP contribution in [0.15, 0.2) is 47.4 Å². The molecule has 6 nitrogen and oxygen atoms in total. The maximum Gasteiger partial charge on any atom is 0.243 e. The summed E-state index contributed by atoms with van der Waals surface area (Å²) in [6, 6.07) is 11.6. The van der Waals surface area contributed by atoms with Crippen molar-refractivity contribution in [2.75, 3.05) is 18.4 Å². The van der Waals surface area contributed by atoms with E-state index in [-0.39, 0.29) is 29.8 Å². The van der Waals surface area contributed by atoms with Crippen molar-refractivity contribution in [2.24, 2.45) is 5.92 Å². The molecule has 1 aliphatic heterocycles. The van der Waals surface area contributed by atoms with Gasteiger partial charge in [-0.2, -0.15) is 4.31 Å². The van der Waals surface area contributed by atoms with Gasteiger partial charge in [-0.1, -0.05) is 40.6 Å². The summed E-state index contributed by atoms with van der Waals surface area (Å²) in [6.45, 7) is 0.573. The van der Waals surface area contributed by atoms with Crippen molar-refractivity contribution in [2.45, 2.75) is 17.7 Å². The summed E-state index contributed by atoms with van der Waals surface area (Å²) in [7, 11) is -3.59. The van der Waals surface area contributed by atoms with Crippen LogP contribution in [0.1, 0.15) is 12.8 Å². The van der Waals surface area contributed by atoms with E-state index in [0.29, 0.717) is 33.5 Å². The van der Waals surface area contributed by atoms with Gasteiger partial charge in [0.2, 0.25) is 15.9 Å². The van der Waals surface area contributed by atoms with E-state index >= 15 is 0 Å². The fourth-order valence-electron chi connectivity index (χ4n) is 3.29. The lowest BCUT2D eigenvalue weighted by atomic mass is 9.97. The van der Waals surface area contributed by atoms with Crippen LogP contribution >= 0.6 is 34.5 Å². The van der Waals surface area contributed by atoms with E-state index in [4.69, 9.17) is 23.2 Å². The highest BCUT2D eigenvalue weighted by Gasteiger charge is 2.32. The number of fused-ring (bicyclic) bond motifs is 1. The normalized spacial score (nSPS) is 16.2. The number of carbonyl (C=O) groups is 1. The van der Waals surface area contributed by atoms with Crippen LogP contribution in [0.2, 0.25) is 10.0 Å². The molecule has 1 N–H and O–H groups in total. The third kappa shape index (κ3) is 4.27. The van der Waals surface area contributed by atoms with Gasteiger partial charge in [0.05, 0.1) is 14.6 Å². The zero-order valence-electron chi connectivity index (χ0n) is 15.1. The van der Waals surface area contributed by atoms with Crippen molar-refractivity contribution in [3.8, 4) is 0 Å². The van der Waals surface area contributed by atoms with Gasteiger partial charge in [-0.3, -0.25) is 4.79 Å². The number of sulfonamides is 1. The number of hydrogen-bond acceptors (Lipinski definition) is 5. The van der Waals surface area contributed by atoms with Crippen LogP contribution in [0.4, 0.5) is 5.13 Å². The molecule has 29 heavy (non-hydrogen) atoms. The van der Waals surface area contributed by atoms with Gasteiger partial charge in [-0.05, 0) is 49.2 Å². The Morgan fingerprint density at radius 1 is 1.10 bits per heavy atom. The van der Waals surface area contributed by atoms with E-state index in [2.05, 4.69) is 10.3 Å². The molecule has 4 rings (SSSR count). The number of halogens is 2. The quantitative estimate of drug-likeness (QED) is 0.603. The van der Waals surface area contributed by atoms with E-state index in [1.54, 1.807) is 18.2 Å². The second-order valence-electron chi connectivity index (χ2n) is 6.73. The summed E-state index contributed by atoms with van der Waals surface area (Å²) >= 11 is 13.3. The minimum Gasteiger partial charge on any atom is -0.302 e. The molecule has 1 aromatic heterocycles. The van der Waals surface area contributed by atoms with Crippen molar-refractivity contribution in [1.82, 2.24) is 9.29 Å². The SMILES string of the molecule is O=C(Nc1nc2c(Cl)cccc2s1)C1CCN(S(=O)(=O)c2ccc(Cl)cc2)CC1. The molecule has 0 bridgehead atoms. The summed E-state index contributed by atoms with van der Waals surface area (Å²) in [5.74, 6) is -0.419. The molecule has 2 aromatic carbocycles. The first-order valence-corrected chi connectivity index (χ1v) is 12.0. The summed E-state index contributed by atoms with van der Waals surface area (Å²) in [5.41, 5.74) is 0.665. The van der Waals surface area contributed by atoms with Crippen molar-refractivity contribution in [1.29, 1.82) is 0 Å². The van der Waals surface area contributed by atoms with Gasteiger partial charge < -0.3 is 5.32 Å². The summed E-state index contributed by atoms with van der Waals surface area (Å²) in [4.78, 5) is 17.2. The average molecular weight is 470 g/mol. The fourth-order valence-corrected chi connectivity index (χ4v) is 6.05. The summed E-state index contributed by atoms with van der Waals surface area (Å²) in [6.07, 6.45) is 0.897. The molecule has 1 amide bonds. The number of piperidine rings is 1. The highest BCUT2D eigenvalue weighted by molar-refractivity contribution is 7.89. The van der Waals surface area contributed by atoms with Crippen LogP contribution < -0.4 is 5.32 Å². The summed E-state index contributed by atoms with van der Waals surface area (Å²) in [5, 5.41) is 4.37. The third-order valence-electron chi connectivity index (χ3n) is 4.88. The number of anilines is 1. The Labute approximate surface area is 182 Å². The number of para-hydroxylation sites is 1. The first kappa shape index (κ1) is 20.6. The number of benzene rings is 2. The number of nitrogens with one attached hydrogen (secondary N) is 1. The van der Waals surface area contributed by atoms with Crippen molar-refractivity contribution >= 4 is 65.8 Å². The molecular weight excluding hydrogens is 453 g/mol. The van der Waals surface area contributed by atoms with Gasteiger partial charge in [0.25, 0.3) is 0 Å². The van der Waals surface area contributed by atoms with Crippen molar-refractivity contribution in [3.05, 3.63) is 52.5 Å². The van der Waals surface area contributed by atoms with Crippen molar-refractivity contribution < 1.29 is 13.2 Å². The Balaban J connectivity index is 1.40. The van der Waals surface area contributed by atoms with Gasteiger partial charge in [0, 0.05) is 24.0 Å². The highest BCUT2D eigenvalue weighted by atomic mass is 35.5. The van der Waals surface area contributed by atoms with Crippen LogP contribution in [0, 0.1) is 5.92 Å². The Hall–Kier alpha value is -1.71. The van der Waals surface area contributed by atoms with E-state index in [1.165, 1.54) is 27.8 Å². The first-order valence-electron chi connectivity index (χ1n) is 8.96. The van der Waals surface area contributed by atoms with Crippen LogP contribution in [0.25, 0.3) is 10.2 Å². The number of amides is 1. The minimum absolute atomic E-state index is 0.149. The lowest BCUT2D eigenvalue weighted by Gasteiger charge is -2.30. The number of nitrogens with zero attached hydrogens (tertiary/aromatic N) is 2. The fraction of sp³-hybridized carbons (Fsp3) is 0.263. The lowest BCUT2D eigenvalue weighted by Crippen LogP contribution is -2.41. The molecule has 0 atom stereocenters. The Kier molecular flexibility index (Phi) is 5.81. The topological polar surface area (TPSA) is 79.4 Å². The predicted molar refractivity (Wildman–Crippen MR) is 116 cm³/mol. The minimum atomic E-state index is -3.59. The predicted octanol–water partition coefficient (Wildman–Crippen LogP) is 4.64. The number of aromatic nitrogens is 1. The second kappa shape index (κ2) is 8.20. The van der Waals surface area contributed by atoms with Gasteiger partial charge in [0.1, 0.15) is 5.52 Å². The van der Waals surface area contributed by atoms with E-state index in [0.717, 1.165) is 4.70 Å². The molecule has 0 radical (unpaired) electrons. The maximum atomic E-state index is 12.8. The van der Waals surface area contributed by atoms with E-state index in [1.807, 2.05) is 12.1 Å². The molecule has 1 saturated heterocycles. The van der Waals surface area contributed by atoms with Crippen LogP contribution in [-0.4, -0.2) is 36.7 Å². The summed E-state index contributed by atoms with van der Waals surface area (Å²) < 4.78 is 27.8. The molecule has 1 fully saturated rings. The first-order chi connectivity index (χ1) is 13.8. The van der Waals surface area contributed by atoms with E-state index < -0.39 is 10.0 Å². The molecule has 0 saturated carbocycles. The molecule has 2 heterocycles. The molecule has 0 spiro atoms. The molecule has 10 heteroatoms. The number of thiazole rings is 1. The Bertz CT molecular complexity index is 1160. The molecule has 0 unspecified atom stereocenters. The monoisotopic (exact) mass is 469 g/mol. The van der Waals surface area contributed by atoms with Crippen LogP contribution in [0.5, 0.6) is 0 Å². The standard InChI is InChI=1S/C19H17Cl2N3O3S2/c20-13-4-6-14(7-5-13)29(26,27)24-10-8-12(9-11-24)18(25)23-19-22-17-15(21)2-1-3-16(17)28-19/h1-7,12H,8-11H2,(H,22,23,25). The van der Waals surface area contributed by atoms with Gasteiger partial charge in [0.15, 0.2) is 5.13 Å². The average Bonchev–Trinajstić information content (AvgIpc) is 3.12. The number of rotatable bonds is 4. The molecule has 0 aliphatic carbocycles. The van der Waals surface area contributed by atoms with E-state index in [9.17, 15) is 13.2 Å². The van der Waals surface area contributed by atoms with Crippen molar-refractivity contribution in [3.63, 3.8) is 0 Å². The second-order valence-corrected chi connectivity index (χ2v) is 10.5. The lowest BCUT2D eigenvalue weighted by molar-refractivity contribution is -0.120. The molecule has 152 valence electrons. The van der Waals surface area contributed by atoms with Gasteiger partial charge in [-0.15, -0.1) is 0 Å². The van der Waals surface area contributed by atoms with Crippen LogP contribution in [-0.2, 0) is 14.8 Å². The zero-order valence-corrected chi connectivity index (χ0v) is 18.3. The molecule has 3 aromatic rings. The molecular formula is C19H17Cl2N3O3S2. The molecule has 1 aliphatic rings. The smallest absolute Gasteiger partial charge is 0.243 e. The third-order valence-corrected chi connectivity index (χ3v) is 8.28. The maximum absolute atomic E-state index is 12.8. The largest absolute Gasteiger partial charge is 0.302 e. The number of carbonyl (C=O) groups excluding carboxylic acids is 1. The van der Waals surface area contributed by atoms with Crippen LogP contribution in [0.3, 0.4) is 0 Å². The Morgan fingerprint density at radius 2 is 1.79 bits per heavy atom. The Morgan fingerprint density at radius 3 is 2.45 bits per heavy atom. The zero-order chi connectivity index (χ0) is 20.6. The highest BCUT2D eigenvalue weighted by Crippen LogP contribution is 2.32. The van der Waals surface area contributed by atoms with Gasteiger partial charge >= 0.3 is 0 Å². The van der Waals surface area contributed by atoms with Gasteiger partial charge in [-0.25, -0.2) is 13.4 Å². The number of hydrogen-bond donors (Lipinski definition) is 1.